The first-order chi connectivity index (χ1) is 11.5. The predicted octanol–water partition coefficient (Wildman–Crippen LogP) is 2.28. The van der Waals surface area contributed by atoms with E-state index in [0.717, 1.165) is 31.6 Å². The highest BCUT2D eigenvalue weighted by Gasteiger charge is 2.24. The molecule has 0 bridgehead atoms. The molecule has 6 heteroatoms. The zero-order chi connectivity index (χ0) is 17.5. The molecule has 0 aromatic carbocycles. The van der Waals surface area contributed by atoms with E-state index in [2.05, 4.69) is 17.6 Å². The molecule has 1 saturated carbocycles. The van der Waals surface area contributed by atoms with Gasteiger partial charge in [-0.1, -0.05) is 19.8 Å². The Bertz CT molecular complexity index is 631. The van der Waals surface area contributed by atoms with Crippen LogP contribution in [0.5, 0.6) is 0 Å². The topological polar surface area (TPSA) is 80.2 Å². The molecule has 0 spiro atoms. The molecule has 0 atom stereocenters. The van der Waals surface area contributed by atoms with Crippen LogP contribution < -0.4 is 16.2 Å². The van der Waals surface area contributed by atoms with Gasteiger partial charge in [-0.2, -0.15) is 0 Å². The number of carbonyl (C=O) groups excluding carboxylic acids is 2. The normalized spacial score (nSPS) is 20.4. The summed E-state index contributed by atoms with van der Waals surface area (Å²) in [6.07, 6.45) is 8.08. The number of nitrogens with zero attached hydrogens (tertiary/aromatic N) is 1. The number of rotatable bonds is 5. The Morgan fingerprint density at radius 1 is 1.12 bits per heavy atom. The minimum atomic E-state index is -0.688. The quantitative estimate of drug-likeness (QED) is 0.811. The van der Waals surface area contributed by atoms with Gasteiger partial charge in [-0.25, -0.2) is 0 Å². The average molecular weight is 333 g/mol. The van der Waals surface area contributed by atoms with E-state index in [1.54, 1.807) is 6.20 Å². The van der Waals surface area contributed by atoms with Gasteiger partial charge in [0.1, 0.15) is 0 Å². The zero-order valence-corrected chi connectivity index (χ0v) is 14.5. The Morgan fingerprint density at radius 3 is 2.46 bits per heavy atom. The third kappa shape index (κ3) is 4.94. The number of nitrogens with one attached hydrogen (secondary N) is 2. The zero-order valence-electron chi connectivity index (χ0n) is 14.5. The lowest BCUT2D eigenvalue weighted by Gasteiger charge is -2.28. The van der Waals surface area contributed by atoms with E-state index in [0.29, 0.717) is 12.2 Å². The summed E-state index contributed by atoms with van der Waals surface area (Å²) in [5.74, 6) is -0.540. The highest BCUT2D eigenvalue weighted by Crippen LogP contribution is 2.27. The molecule has 6 nitrogen and oxygen atoms in total. The van der Waals surface area contributed by atoms with Crippen molar-refractivity contribution in [1.29, 1.82) is 0 Å². The van der Waals surface area contributed by atoms with Gasteiger partial charge in [0.05, 0.1) is 5.69 Å². The molecule has 1 aliphatic rings. The van der Waals surface area contributed by atoms with Crippen molar-refractivity contribution in [2.75, 3.05) is 5.32 Å². The molecule has 2 N–H and O–H groups in total. The largest absolute Gasteiger partial charge is 0.345 e. The summed E-state index contributed by atoms with van der Waals surface area (Å²) in [6, 6.07) is 2.97. The van der Waals surface area contributed by atoms with Gasteiger partial charge in [-0.05, 0) is 44.6 Å². The minimum absolute atomic E-state index is 0.0842. The molecule has 2 rings (SSSR count). The van der Waals surface area contributed by atoms with Gasteiger partial charge in [0, 0.05) is 24.8 Å². The first kappa shape index (κ1) is 18.2. The van der Waals surface area contributed by atoms with Crippen LogP contribution in [-0.2, 0) is 16.1 Å². The molecule has 0 saturated heterocycles. The maximum atomic E-state index is 12.1. The first-order valence-corrected chi connectivity index (χ1v) is 8.85. The lowest BCUT2D eigenvalue weighted by Crippen LogP contribution is -2.43. The standard InChI is InChI=1S/C18H27N3O3/c1-3-5-13-6-8-14(9-7-13)19-17(23)18(24)20-15-10-11-16(22)21(4-2)12-15/h10-14H,3-9H2,1-2H3,(H,19,23)(H,20,24). The van der Waals surface area contributed by atoms with Crippen molar-refractivity contribution >= 4 is 17.5 Å². The number of hydrogen-bond donors (Lipinski definition) is 2. The van der Waals surface area contributed by atoms with Gasteiger partial charge in [-0.15, -0.1) is 0 Å². The van der Waals surface area contributed by atoms with Gasteiger partial charge in [0.15, 0.2) is 0 Å². The lowest BCUT2D eigenvalue weighted by molar-refractivity contribution is -0.136. The summed E-state index contributed by atoms with van der Waals surface area (Å²) in [6.45, 7) is 4.55. The molecule has 0 unspecified atom stereocenters. The van der Waals surface area contributed by atoms with Crippen LogP contribution in [0.25, 0.3) is 0 Å². The smallest absolute Gasteiger partial charge is 0.313 e. The summed E-state index contributed by atoms with van der Waals surface area (Å²) in [5.41, 5.74) is 0.312. The fraction of sp³-hybridized carbons (Fsp3) is 0.611. The highest BCUT2D eigenvalue weighted by molar-refractivity contribution is 6.39. The van der Waals surface area contributed by atoms with Gasteiger partial charge in [0.2, 0.25) is 0 Å². The molecular weight excluding hydrogens is 306 g/mol. The Labute approximate surface area is 142 Å². The Kier molecular flexibility index (Phi) is 6.58. The predicted molar refractivity (Wildman–Crippen MR) is 93.8 cm³/mol. The molecule has 0 aliphatic heterocycles. The third-order valence-corrected chi connectivity index (χ3v) is 4.67. The molecule has 1 aromatic heterocycles. The van der Waals surface area contributed by atoms with Crippen LogP contribution in [0.15, 0.2) is 23.1 Å². The van der Waals surface area contributed by atoms with Crippen LogP contribution in [0, 0.1) is 5.92 Å². The summed E-state index contributed by atoms with van der Waals surface area (Å²) in [5, 5.41) is 5.37. The van der Waals surface area contributed by atoms with Gasteiger partial charge in [0.25, 0.3) is 5.56 Å². The Hall–Kier alpha value is -2.11. The van der Waals surface area contributed by atoms with Gasteiger partial charge >= 0.3 is 11.8 Å². The van der Waals surface area contributed by atoms with E-state index in [-0.39, 0.29) is 11.6 Å². The summed E-state index contributed by atoms with van der Waals surface area (Å²) in [4.78, 5) is 35.6. The Morgan fingerprint density at radius 2 is 1.83 bits per heavy atom. The second-order valence-corrected chi connectivity index (χ2v) is 6.48. The van der Waals surface area contributed by atoms with E-state index in [1.807, 2.05) is 6.92 Å². The number of amides is 2. The van der Waals surface area contributed by atoms with E-state index < -0.39 is 11.8 Å². The molecule has 132 valence electrons. The average Bonchev–Trinajstić information content (AvgIpc) is 2.58. The molecule has 1 heterocycles. The first-order valence-electron chi connectivity index (χ1n) is 8.85. The maximum Gasteiger partial charge on any atom is 0.313 e. The second-order valence-electron chi connectivity index (χ2n) is 6.48. The van der Waals surface area contributed by atoms with Gasteiger partial charge < -0.3 is 15.2 Å². The third-order valence-electron chi connectivity index (χ3n) is 4.67. The number of pyridine rings is 1. The molecule has 2 amide bonds. The lowest BCUT2D eigenvalue weighted by atomic mass is 9.83. The van der Waals surface area contributed by atoms with Gasteiger partial charge in [-0.3, -0.25) is 14.4 Å². The van der Waals surface area contributed by atoms with E-state index >= 15 is 0 Å². The van der Waals surface area contributed by atoms with Crippen molar-refractivity contribution in [2.24, 2.45) is 5.92 Å². The van der Waals surface area contributed by atoms with Crippen molar-refractivity contribution < 1.29 is 9.59 Å². The second kappa shape index (κ2) is 8.66. The van der Waals surface area contributed by atoms with E-state index in [4.69, 9.17) is 0 Å². The van der Waals surface area contributed by atoms with Crippen LogP contribution in [0.1, 0.15) is 52.4 Å². The van der Waals surface area contributed by atoms with Crippen LogP contribution in [0.3, 0.4) is 0 Å². The molecule has 1 aromatic rings. The van der Waals surface area contributed by atoms with Crippen LogP contribution >= 0.6 is 0 Å². The molecule has 24 heavy (non-hydrogen) atoms. The van der Waals surface area contributed by atoms with Crippen molar-refractivity contribution in [3.8, 4) is 0 Å². The van der Waals surface area contributed by atoms with E-state index in [1.165, 1.54) is 29.5 Å². The molecule has 1 fully saturated rings. The maximum absolute atomic E-state index is 12.1. The summed E-state index contributed by atoms with van der Waals surface area (Å²) < 4.78 is 1.47. The number of aromatic nitrogens is 1. The van der Waals surface area contributed by atoms with E-state index in [9.17, 15) is 14.4 Å². The molecular formula is C18H27N3O3. The molecule has 1 aliphatic carbocycles. The van der Waals surface area contributed by atoms with Crippen molar-refractivity contribution in [3.05, 3.63) is 28.7 Å². The van der Waals surface area contributed by atoms with Crippen LogP contribution in [-0.4, -0.2) is 22.4 Å². The highest BCUT2D eigenvalue weighted by atomic mass is 16.2. The van der Waals surface area contributed by atoms with Crippen LogP contribution in [0.2, 0.25) is 0 Å². The van der Waals surface area contributed by atoms with Crippen molar-refractivity contribution in [1.82, 2.24) is 9.88 Å². The van der Waals surface area contributed by atoms with Crippen LogP contribution in [0.4, 0.5) is 5.69 Å². The molecule has 0 radical (unpaired) electrons. The van der Waals surface area contributed by atoms with Crippen molar-refractivity contribution in [3.63, 3.8) is 0 Å². The minimum Gasteiger partial charge on any atom is -0.345 e. The summed E-state index contributed by atoms with van der Waals surface area (Å²) in [7, 11) is 0. The number of hydrogen-bond acceptors (Lipinski definition) is 3. The summed E-state index contributed by atoms with van der Waals surface area (Å²) >= 11 is 0. The fourth-order valence-electron chi connectivity index (χ4n) is 3.29. The van der Waals surface area contributed by atoms with Crippen molar-refractivity contribution in [2.45, 2.75) is 65.0 Å². The number of aryl methyl sites for hydroxylation is 1. The number of carbonyl (C=O) groups is 2. The number of anilines is 1. The Balaban J connectivity index is 1.84. The fourth-order valence-corrected chi connectivity index (χ4v) is 3.29. The SMILES string of the molecule is CCCC1CCC(NC(=O)C(=O)Nc2ccc(=O)n(CC)c2)CC1. The monoisotopic (exact) mass is 333 g/mol.